The molecule has 32 heavy (non-hydrogen) atoms. The lowest BCUT2D eigenvalue weighted by molar-refractivity contribution is -0.115. The van der Waals surface area contributed by atoms with E-state index in [9.17, 15) is 4.79 Å². The number of benzene rings is 2. The average molecular weight is 452 g/mol. The SMILES string of the molecule is CCC(c1nnc(SC(C)C(=O)Nc2ccc(C)cc2C)n1Cc1ccccc1)N(C)C. The van der Waals surface area contributed by atoms with Crippen LogP contribution in [-0.2, 0) is 11.3 Å². The third-order valence-electron chi connectivity index (χ3n) is 5.53. The minimum Gasteiger partial charge on any atom is -0.325 e. The number of carbonyl (C=O) groups is 1. The molecule has 1 N–H and O–H groups in total. The lowest BCUT2D eigenvalue weighted by atomic mass is 10.1. The zero-order chi connectivity index (χ0) is 23.3. The number of anilines is 1. The van der Waals surface area contributed by atoms with E-state index in [1.165, 1.54) is 22.9 Å². The second-order valence-corrected chi connectivity index (χ2v) is 9.68. The van der Waals surface area contributed by atoms with Crippen LogP contribution in [0.5, 0.6) is 0 Å². The molecule has 0 aliphatic carbocycles. The van der Waals surface area contributed by atoms with Gasteiger partial charge >= 0.3 is 0 Å². The highest BCUT2D eigenvalue weighted by Gasteiger charge is 2.25. The summed E-state index contributed by atoms with van der Waals surface area (Å²) in [7, 11) is 4.12. The molecule has 1 aromatic heterocycles. The Kier molecular flexibility index (Phi) is 8.10. The van der Waals surface area contributed by atoms with Crippen LogP contribution in [0.4, 0.5) is 5.69 Å². The van der Waals surface area contributed by atoms with Gasteiger partial charge in [0.05, 0.1) is 17.8 Å². The molecule has 0 saturated heterocycles. The smallest absolute Gasteiger partial charge is 0.237 e. The summed E-state index contributed by atoms with van der Waals surface area (Å²) >= 11 is 1.45. The van der Waals surface area contributed by atoms with Crippen molar-refractivity contribution in [1.82, 2.24) is 19.7 Å². The molecule has 2 aromatic carbocycles. The Morgan fingerprint density at radius 3 is 2.47 bits per heavy atom. The third kappa shape index (κ3) is 5.78. The van der Waals surface area contributed by atoms with Gasteiger partial charge in [-0.3, -0.25) is 9.69 Å². The van der Waals surface area contributed by atoms with Crippen LogP contribution >= 0.6 is 11.8 Å². The van der Waals surface area contributed by atoms with Crippen molar-refractivity contribution in [2.75, 3.05) is 19.4 Å². The molecule has 2 unspecified atom stereocenters. The fraction of sp³-hybridized carbons (Fsp3) is 0.400. The van der Waals surface area contributed by atoms with Gasteiger partial charge in [0, 0.05) is 5.69 Å². The molecule has 1 heterocycles. The van der Waals surface area contributed by atoms with Crippen molar-refractivity contribution in [3.8, 4) is 0 Å². The minimum atomic E-state index is -0.318. The molecule has 0 bridgehead atoms. The first-order valence-corrected chi connectivity index (χ1v) is 11.9. The summed E-state index contributed by atoms with van der Waals surface area (Å²) in [6.07, 6.45) is 0.924. The molecule has 0 fully saturated rings. The summed E-state index contributed by atoms with van der Waals surface area (Å²) < 4.78 is 2.15. The zero-order valence-corrected chi connectivity index (χ0v) is 20.6. The molecule has 3 rings (SSSR count). The number of nitrogens with one attached hydrogen (secondary N) is 1. The lowest BCUT2D eigenvalue weighted by Gasteiger charge is -2.23. The molecule has 3 aromatic rings. The summed E-state index contributed by atoms with van der Waals surface area (Å²) in [5, 5.41) is 12.5. The lowest BCUT2D eigenvalue weighted by Crippen LogP contribution is -2.25. The van der Waals surface area contributed by atoms with Crippen molar-refractivity contribution in [2.45, 2.75) is 57.1 Å². The van der Waals surface area contributed by atoms with Gasteiger partial charge in [0.1, 0.15) is 0 Å². The Morgan fingerprint density at radius 2 is 1.84 bits per heavy atom. The molecule has 170 valence electrons. The van der Waals surface area contributed by atoms with Crippen LogP contribution in [-0.4, -0.2) is 44.9 Å². The molecular weight excluding hydrogens is 418 g/mol. The summed E-state index contributed by atoms with van der Waals surface area (Å²) in [4.78, 5) is 15.1. The number of nitrogens with zero attached hydrogens (tertiary/aromatic N) is 4. The maximum absolute atomic E-state index is 12.9. The van der Waals surface area contributed by atoms with Gasteiger partial charge in [0.2, 0.25) is 5.91 Å². The van der Waals surface area contributed by atoms with Crippen molar-refractivity contribution in [3.63, 3.8) is 0 Å². The van der Waals surface area contributed by atoms with E-state index in [1.807, 2.05) is 51.1 Å². The quantitative estimate of drug-likeness (QED) is 0.460. The van der Waals surface area contributed by atoms with Gasteiger partial charge < -0.3 is 9.88 Å². The number of amides is 1. The van der Waals surface area contributed by atoms with Gasteiger partial charge in [-0.1, -0.05) is 66.7 Å². The van der Waals surface area contributed by atoms with E-state index in [2.05, 4.69) is 64.2 Å². The van der Waals surface area contributed by atoms with Crippen LogP contribution in [0.1, 0.15) is 48.8 Å². The Morgan fingerprint density at radius 1 is 1.12 bits per heavy atom. The monoisotopic (exact) mass is 451 g/mol. The number of rotatable bonds is 9. The summed E-state index contributed by atoms with van der Waals surface area (Å²) in [6, 6.07) is 16.5. The third-order valence-corrected chi connectivity index (χ3v) is 6.61. The Bertz CT molecular complexity index is 1050. The molecule has 0 saturated carbocycles. The highest BCUT2D eigenvalue weighted by Crippen LogP contribution is 2.29. The second-order valence-electron chi connectivity index (χ2n) is 8.37. The van der Waals surface area contributed by atoms with Gasteiger partial charge in [-0.2, -0.15) is 0 Å². The van der Waals surface area contributed by atoms with E-state index in [0.29, 0.717) is 6.54 Å². The van der Waals surface area contributed by atoms with Gasteiger partial charge in [-0.05, 0) is 58.5 Å². The van der Waals surface area contributed by atoms with Gasteiger partial charge in [-0.25, -0.2) is 0 Å². The zero-order valence-electron chi connectivity index (χ0n) is 19.8. The number of aromatic nitrogens is 3. The van der Waals surface area contributed by atoms with E-state index in [1.54, 1.807) is 0 Å². The minimum absolute atomic E-state index is 0.0441. The standard InChI is InChI=1S/C25H33N5OS/c1-7-22(29(5)6)23-27-28-25(30(23)16-20-11-9-8-10-12-20)32-19(4)24(31)26-21-14-13-17(2)15-18(21)3/h8-15,19,22H,7,16H2,1-6H3,(H,26,31). The fourth-order valence-corrected chi connectivity index (χ4v) is 4.58. The van der Waals surface area contributed by atoms with Crippen molar-refractivity contribution in [2.24, 2.45) is 0 Å². The van der Waals surface area contributed by atoms with Crippen LogP contribution in [0.25, 0.3) is 0 Å². The molecule has 0 aliphatic heterocycles. The molecule has 1 amide bonds. The molecule has 0 radical (unpaired) electrons. The van der Waals surface area contributed by atoms with Crippen molar-refractivity contribution in [1.29, 1.82) is 0 Å². The van der Waals surface area contributed by atoms with E-state index in [-0.39, 0.29) is 17.2 Å². The number of thioether (sulfide) groups is 1. The number of hydrogen-bond donors (Lipinski definition) is 1. The Labute approximate surface area is 195 Å². The maximum Gasteiger partial charge on any atom is 0.237 e. The van der Waals surface area contributed by atoms with Crippen molar-refractivity contribution < 1.29 is 4.79 Å². The Balaban J connectivity index is 1.84. The topological polar surface area (TPSA) is 63.1 Å². The fourth-order valence-electron chi connectivity index (χ4n) is 3.73. The van der Waals surface area contributed by atoms with Crippen LogP contribution in [0.3, 0.4) is 0 Å². The molecule has 7 heteroatoms. The van der Waals surface area contributed by atoms with E-state index in [4.69, 9.17) is 0 Å². The molecule has 0 aliphatic rings. The van der Waals surface area contributed by atoms with E-state index in [0.717, 1.165) is 28.7 Å². The molecule has 6 nitrogen and oxygen atoms in total. The van der Waals surface area contributed by atoms with Crippen LogP contribution < -0.4 is 5.32 Å². The largest absolute Gasteiger partial charge is 0.325 e. The van der Waals surface area contributed by atoms with Crippen molar-refractivity contribution in [3.05, 3.63) is 71.0 Å². The van der Waals surface area contributed by atoms with E-state index >= 15 is 0 Å². The summed E-state index contributed by atoms with van der Waals surface area (Å²) in [5.74, 6) is 0.878. The molecular formula is C25H33N5OS. The van der Waals surface area contributed by atoms with Gasteiger partial charge in [0.15, 0.2) is 11.0 Å². The Hall–Kier alpha value is -2.64. The van der Waals surface area contributed by atoms with Gasteiger partial charge in [-0.15, -0.1) is 10.2 Å². The normalized spacial score (nSPS) is 13.2. The first-order chi connectivity index (χ1) is 15.3. The highest BCUT2D eigenvalue weighted by molar-refractivity contribution is 8.00. The summed E-state index contributed by atoms with van der Waals surface area (Å²) in [5.41, 5.74) is 4.26. The molecule has 2 atom stereocenters. The predicted molar refractivity (Wildman–Crippen MR) is 132 cm³/mol. The number of carbonyl (C=O) groups excluding carboxylic acids is 1. The van der Waals surface area contributed by atoms with Crippen LogP contribution in [0, 0.1) is 13.8 Å². The maximum atomic E-state index is 12.9. The number of aryl methyl sites for hydroxylation is 2. The highest BCUT2D eigenvalue weighted by atomic mass is 32.2. The summed E-state index contributed by atoms with van der Waals surface area (Å²) in [6.45, 7) is 8.79. The first kappa shape index (κ1) is 24.0. The van der Waals surface area contributed by atoms with E-state index < -0.39 is 0 Å². The van der Waals surface area contributed by atoms with Crippen LogP contribution in [0.15, 0.2) is 53.7 Å². The second kappa shape index (κ2) is 10.8. The number of hydrogen-bond acceptors (Lipinski definition) is 5. The first-order valence-electron chi connectivity index (χ1n) is 11.0. The van der Waals surface area contributed by atoms with Crippen molar-refractivity contribution >= 4 is 23.4 Å². The van der Waals surface area contributed by atoms with Gasteiger partial charge in [0.25, 0.3) is 0 Å². The molecule has 0 spiro atoms. The predicted octanol–water partition coefficient (Wildman–Crippen LogP) is 5.08. The average Bonchev–Trinajstić information content (AvgIpc) is 3.13. The van der Waals surface area contributed by atoms with Crippen LogP contribution in [0.2, 0.25) is 0 Å².